The predicted molar refractivity (Wildman–Crippen MR) is 85.2 cm³/mol. The minimum absolute atomic E-state index is 0.0264. The van der Waals surface area contributed by atoms with E-state index in [0.717, 1.165) is 0 Å². The van der Waals surface area contributed by atoms with Crippen molar-refractivity contribution in [1.82, 2.24) is 14.7 Å². The second-order valence-corrected chi connectivity index (χ2v) is 5.41. The predicted octanol–water partition coefficient (Wildman–Crippen LogP) is 0.799. The quantitative estimate of drug-likeness (QED) is 0.850. The molecule has 2 aromatic rings. The fourth-order valence-electron chi connectivity index (χ4n) is 2.38. The third-order valence-corrected chi connectivity index (χ3v) is 3.66. The van der Waals surface area contributed by atoms with Crippen molar-refractivity contribution in [2.75, 3.05) is 13.6 Å². The summed E-state index contributed by atoms with van der Waals surface area (Å²) in [7, 11) is 3.19. The van der Waals surface area contributed by atoms with E-state index in [2.05, 4.69) is 5.10 Å². The average molecular weight is 317 g/mol. The van der Waals surface area contributed by atoms with Crippen LogP contribution in [0.1, 0.15) is 18.5 Å². The van der Waals surface area contributed by atoms with Crippen molar-refractivity contribution < 1.29 is 14.7 Å². The summed E-state index contributed by atoms with van der Waals surface area (Å²) < 4.78 is 1.23. The highest BCUT2D eigenvalue weighted by molar-refractivity contribution is 5.88. The van der Waals surface area contributed by atoms with Crippen LogP contribution in [0.2, 0.25) is 0 Å². The van der Waals surface area contributed by atoms with Gasteiger partial charge in [-0.2, -0.15) is 5.10 Å². The molecule has 0 aliphatic heterocycles. The molecule has 23 heavy (non-hydrogen) atoms. The van der Waals surface area contributed by atoms with Crippen molar-refractivity contribution in [2.45, 2.75) is 19.3 Å². The third-order valence-electron chi connectivity index (χ3n) is 3.66. The van der Waals surface area contributed by atoms with Crippen LogP contribution in [0.25, 0.3) is 10.8 Å². The Morgan fingerprint density at radius 2 is 1.91 bits per heavy atom. The Labute approximate surface area is 133 Å². The Kier molecular flexibility index (Phi) is 5.10. The number of hydrogen-bond donors (Lipinski definition) is 1. The Morgan fingerprint density at radius 3 is 2.57 bits per heavy atom. The highest BCUT2D eigenvalue weighted by atomic mass is 16.4. The zero-order chi connectivity index (χ0) is 17.0. The zero-order valence-corrected chi connectivity index (χ0v) is 13.2. The molecule has 1 N–H and O–H groups in total. The van der Waals surface area contributed by atoms with Gasteiger partial charge in [-0.15, -0.1) is 0 Å². The minimum Gasteiger partial charge on any atom is -0.481 e. The lowest BCUT2D eigenvalue weighted by molar-refractivity contribution is -0.138. The largest absolute Gasteiger partial charge is 0.481 e. The molecule has 1 heterocycles. The SMILES string of the molecule is CN(CCCC(=O)O)C(=O)Cc1nn(C)c(=O)c2ccccc12. The molecule has 0 aliphatic carbocycles. The number of carboxylic acids is 1. The van der Waals surface area contributed by atoms with Crippen LogP contribution < -0.4 is 5.56 Å². The minimum atomic E-state index is -0.878. The lowest BCUT2D eigenvalue weighted by Crippen LogP contribution is -2.31. The number of carbonyl (C=O) groups is 2. The van der Waals surface area contributed by atoms with Gasteiger partial charge in [0.05, 0.1) is 17.5 Å². The van der Waals surface area contributed by atoms with Crippen molar-refractivity contribution in [3.8, 4) is 0 Å². The summed E-state index contributed by atoms with van der Waals surface area (Å²) in [6, 6.07) is 7.06. The maximum Gasteiger partial charge on any atom is 0.303 e. The van der Waals surface area contributed by atoms with Gasteiger partial charge < -0.3 is 10.0 Å². The Hall–Kier alpha value is -2.70. The molecule has 0 bridgehead atoms. The first-order valence-electron chi connectivity index (χ1n) is 7.31. The van der Waals surface area contributed by atoms with E-state index < -0.39 is 5.97 Å². The number of nitrogens with zero attached hydrogens (tertiary/aromatic N) is 3. The molecule has 1 aromatic carbocycles. The molecule has 7 nitrogen and oxygen atoms in total. The number of aryl methyl sites for hydroxylation is 1. The number of aromatic nitrogens is 2. The number of likely N-dealkylation sites (N-methyl/N-ethyl adjacent to an activating group) is 1. The van der Waals surface area contributed by atoms with E-state index in [0.29, 0.717) is 29.4 Å². The summed E-state index contributed by atoms with van der Waals surface area (Å²) in [5.74, 6) is -1.04. The molecule has 0 saturated carbocycles. The van der Waals surface area contributed by atoms with Crippen molar-refractivity contribution >= 4 is 22.6 Å². The van der Waals surface area contributed by atoms with Crippen LogP contribution in [0.15, 0.2) is 29.1 Å². The van der Waals surface area contributed by atoms with E-state index >= 15 is 0 Å². The second kappa shape index (κ2) is 7.04. The number of aliphatic carboxylic acids is 1. The van der Waals surface area contributed by atoms with Gasteiger partial charge in [0.15, 0.2) is 0 Å². The van der Waals surface area contributed by atoms with Crippen molar-refractivity contribution in [2.24, 2.45) is 7.05 Å². The monoisotopic (exact) mass is 317 g/mol. The van der Waals surface area contributed by atoms with E-state index in [1.54, 1.807) is 38.4 Å². The van der Waals surface area contributed by atoms with Crippen LogP contribution in [-0.4, -0.2) is 45.3 Å². The average Bonchev–Trinajstić information content (AvgIpc) is 2.51. The number of amides is 1. The summed E-state index contributed by atoms with van der Waals surface area (Å²) >= 11 is 0. The molecule has 0 saturated heterocycles. The van der Waals surface area contributed by atoms with Gasteiger partial charge in [-0.25, -0.2) is 4.68 Å². The van der Waals surface area contributed by atoms with E-state index in [-0.39, 0.29) is 24.3 Å². The standard InChI is InChI=1S/C16H19N3O4/c1-18(9-5-8-15(21)22)14(20)10-13-11-6-3-4-7-12(11)16(23)19(2)17-13/h3-4,6-7H,5,8-10H2,1-2H3,(H,21,22). The smallest absolute Gasteiger partial charge is 0.303 e. The van der Waals surface area contributed by atoms with Gasteiger partial charge in [0.2, 0.25) is 5.91 Å². The topological polar surface area (TPSA) is 92.5 Å². The first-order valence-corrected chi connectivity index (χ1v) is 7.31. The van der Waals surface area contributed by atoms with Gasteiger partial charge in [-0.05, 0) is 12.5 Å². The summed E-state index contributed by atoms with van der Waals surface area (Å²) in [5.41, 5.74) is 0.337. The highest BCUT2D eigenvalue weighted by Crippen LogP contribution is 2.14. The molecular weight excluding hydrogens is 298 g/mol. The number of fused-ring (bicyclic) bond motifs is 1. The van der Waals surface area contributed by atoms with E-state index in [1.807, 2.05) is 0 Å². The molecule has 122 valence electrons. The van der Waals surface area contributed by atoms with Gasteiger partial charge in [0.1, 0.15) is 0 Å². The normalized spacial score (nSPS) is 10.7. The highest BCUT2D eigenvalue weighted by Gasteiger charge is 2.15. The van der Waals surface area contributed by atoms with Crippen LogP contribution in [0.5, 0.6) is 0 Å². The summed E-state index contributed by atoms with van der Waals surface area (Å²) in [6.07, 6.45) is 0.496. The zero-order valence-electron chi connectivity index (χ0n) is 13.2. The molecule has 0 spiro atoms. The molecule has 0 atom stereocenters. The van der Waals surface area contributed by atoms with E-state index in [9.17, 15) is 14.4 Å². The molecule has 0 fully saturated rings. The Bertz CT molecular complexity index is 798. The summed E-state index contributed by atoms with van der Waals surface area (Å²) in [4.78, 5) is 36.3. The first-order chi connectivity index (χ1) is 10.9. The Morgan fingerprint density at radius 1 is 1.26 bits per heavy atom. The number of benzene rings is 1. The van der Waals surface area contributed by atoms with Crippen molar-refractivity contribution in [1.29, 1.82) is 0 Å². The third kappa shape index (κ3) is 3.94. The van der Waals surface area contributed by atoms with Crippen LogP contribution in [0.3, 0.4) is 0 Å². The number of rotatable bonds is 6. The Balaban J connectivity index is 2.18. The van der Waals surface area contributed by atoms with Crippen LogP contribution in [0.4, 0.5) is 0 Å². The maximum absolute atomic E-state index is 12.3. The fourth-order valence-corrected chi connectivity index (χ4v) is 2.38. The molecular formula is C16H19N3O4. The molecule has 7 heteroatoms. The second-order valence-electron chi connectivity index (χ2n) is 5.41. The molecule has 1 aromatic heterocycles. The lowest BCUT2D eigenvalue weighted by atomic mass is 10.1. The first kappa shape index (κ1) is 16.7. The molecule has 0 unspecified atom stereocenters. The van der Waals surface area contributed by atoms with Gasteiger partial charge in [-0.1, -0.05) is 18.2 Å². The van der Waals surface area contributed by atoms with Crippen LogP contribution in [-0.2, 0) is 23.1 Å². The molecule has 2 rings (SSSR count). The van der Waals surface area contributed by atoms with Gasteiger partial charge >= 0.3 is 5.97 Å². The van der Waals surface area contributed by atoms with E-state index in [1.165, 1.54) is 9.58 Å². The number of carboxylic acid groups (broad SMARTS) is 1. The van der Waals surface area contributed by atoms with Crippen LogP contribution in [0, 0.1) is 0 Å². The number of carbonyl (C=O) groups excluding carboxylic acids is 1. The number of hydrogen-bond acceptors (Lipinski definition) is 4. The molecule has 0 aliphatic rings. The van der Waals surface area contributed by atoms with Crippen molar-refractivity contribution in [3.63, 3.8) is 0 Å². The maximum atomic E-state index is 12.3. The summed E-state index contributed by atoms with van der Waals surface area (Å²) in [6.45, 7) is 0.370. The van der Waals surface area contributed by atoms with Crippen molar-refractivity contribution in [3.05, 3.63) is 40.3 Å². The summed E-state index contributed by atoms with van der Waals surface area (Å²) in [5, 5.41) is 14.0. The molecule has 0 radical (unpaired) electrons. The van der Waals surface area contributed by atoms with Crippen LogP contribution >= 0.6 is 0 Å². The van der Waals surface area contributed by atoms with Gasteiger partial charge in [-0.3, -0.25) is 14.4 Å². The molecule has 1 amide bonds. The fraction of sp³-hybridized carbons (Fsp3) is 0.375. The van der Waals surface area contributed by atoms with E-state index in [4.69, 9.17) is 5.11 Å². The van der Waals surface area contributed by atoms with Gasteiger partial charge in [0, 0.05) is 32.4 Å². The lowest BCUT2D eigenvalue weighted by Gasteiger charge is -2.17. The van der Waals surface area contributed by atoms with Gasteiger partial charge in [0.25, 0.3) is 5.56 Å².